The molecule has 1 N–H and O–H groups in total. The van der Waals surface area contributed by atoms with Gasteiger partial charge in [-0.25, -0.2) is 4.39 Å². The Kier molecular flexibility index (Phi) is 4.27. The summed E-state index contributed by atoms with van der Waals surface area (Å²) in [7, 11) is 0. The lowest BCUT2D eigenvalue weighted by Crippen LogP contribution is -2.32. The molecule has 1 rings (SSSR count). The number of amides is 1. The van der Waals surface area contributed by atoms with Gasteiger partial charge in [0.05, 0.1) is 23.1 Å². The molecule has 0 aromatic heterocycles. The number of nitrogens with zero attached hydrogens (tertiary/aromatic N) is 1. The topological polar surface area (TPSA) is 52.9 Å². The van der Waals surface area contributed by atoms with Crippen molar-refractivity contribution < 1.29 is 9.18 Å². The minimum Gasteiger partial charge on any atom is -0.349 e. The lowest BCUT2D eigenvalue weighted by atomic mass is 10.2. The van der Waals surface area contributed by atoms with Gasteiger partial charge in [0.2, 0.25) is 0 Å². The van der Waals surface area contributed by atoms with Crippen molar-refractivity contribution in [3.05, 3.63) is 34.6 Å². The Balaban J connectivity index is 2.82. The zero-order valence-corrected chi connectivity index (χ0v) is 9.38. The van der Waals surface area contributed by atoms with E-state index < -0.39 is 11.7 Å². The summed E-state index contributed by atoms with van der Waals surface area (Å²) in [6, 6.07) is 5.65. The number of carbonyl (C=O) groups excluding carboxylic acids is 1. The van der Waals surface area contributed by atoms with E-state index in [0.717, 1.165) is 0 Å². The van der Waals surface area contributed by atoms with Gasteiger partial charge in [-0.2, -0.15) is 5.26 Å². The summed E-state index contributed by atoms with van der Waals surface area (Å²) in [4.78, 5) is 11.6. The molecule has 16 heavy (non-hydrogen) atoms. The van der Waals surface area contributed by atoms with Crippen LogP contribution in [0.5, 0.6) is 0 Å². The van der Waals surface area contributed by atoms with Crippen LogP contribution in [0.4, 0.5) is 4.39 Å². The number of hydrogen-bond donors (Lipinski definition) is 1. The Bertz CT molecular complexity index is 442. The summed E-state index contributed by atoms with van der Waals surface area (Å²) < 4.78 is 13.1. The zero-order valence-electron chi connectivity index (χ0n) is 8.63. The van der Waals surface area contributed by atoms with E-state index in [0.29, 0.717) is 0 Å². The first-order valence-electron chi connectivity index (χ1n) is 4.68. The molecule has 84 valence electrons. The van der Waals surface area contributed by atoms with E-state index in [1.165, 1.54) is 18.2 Å². The van der Waals surface area contributed by atoms with Crippen molar-refractivity contribution in [2.24, 2.45) is 0 Å². The fraction of sp³-hybridized carbons (Fsp3) is 0.273. The van der Waals surface area contributed by atoms with Crippen LogP contribution in [0.2, 0.25) is 5.02 Å². The second-order valence-electron chi connectivity index (χ2n) is 3.34. The van der Waals surface area contributed by atoms with Crippen LogP contribution in [0.3, 0.4) is 0 Å². The number of nitrogens with one attached hydrogen (secondary N) is 1. The van der Waals surface area contributed by atoms with Crippen LogP contribution in [-0.4, -0.2) is 11.9 Å². The lowest BCUT2D eigenvalue weighted by molar-refractivity contribution is 0.0940. The molecular weight excluding hydrogens is 231 g/mol. The number of halogens is 2. The van der Waals surface area contributed by atoms with Gasteiger partial charge in [-0.05, 0) is 19.1 Å². The van der Waals surface area contributed by atoms with Crippen molar-refractivity contribution in [2.45, 2.75) is 19.4 Å². The van der Waals surface area contributed by atoms with E-state index in [1.54, 1.807) is 6.92 Å². The average molecular weight is 241 g/mol. The monoisotopic (exact) mass is 240 g/mol. The van der Waals surface area contributed by atoms with Gasteiger partial charge in [-0.1, -0.05) is 17.7 Å². The molecule has 1 unspecified atom stereocenters. The van der Waals surface area contributed by atoms with E-state index in [4.69, 9.17) is 16.9 Å². The van der Waals surface area contributed by atoms with Crippen LogP contribution < -0.4 is 5.32 Å². The highest BCUT2D eigenvalue weighted by atomic mass is 35.5. The molecule has 5 heteroatoms. The number of nitriles is 1. The van der Waals surface area contributed by atoms with E-state index in [2.05, 4.69) is 5.32 Å². The van der Waals surface area contributed by atoms with Gasteiger partial charge in [-0.3, -0.25) is 4.79 Å². The van der Waals surface area contributed by atoms with Gasteiger partial charge in [0, 0.05) is 6.04 Å². The fourth-order valence-electron chi connectivity index (χ4n) is 1.17. The molecule has 0 saturated carbocycles. The first kappa shape index (κ1) is 12.5. The Labute approximate surface area is 97.8 Å². The van der Waals surface area contributed by atoms with E-state index in [-0.39, 0.29) is 23.0 Å². The summed E-state index contributed by atoms with van der Waals surface area (Å²) in [5.41, 5.74) is 0.0754. The molecule has 0 aliphatic heterocycles. The van der Waals surface area contributed by atoms with Crippen LogP contribution in [-0.2, 0) is 0 Å². The SMILES string of the molecule is CC(CC#N)NC(=O)c1cccc(F)c1Cl. The first-order valence-corrected chi connectivity index (χ1v) is 5.06. The van der Waals surface area contributed by atoms with Crippen LogP contribution in [0.25, 0.3) is 0 Å². The van der Waals surface area contributed by atoms with Gasteiger partial charge in [-0.15, -0.1) is 0 Å². The highest BCUT2D eigenvalue weighted by Crippen LogP contribution is 2.19. The van der Waals surface area contributed by atoms with Crippen molar-refractivity contribution in [3.63, 3.8) is 0 Å². The minimum absolute atomic E-state index is 0.0754. The Morgan fingerprint density at radius 2 is 2.38 bits per heavy atom. The summed E-state index contributed by atoms with van der Waals surface area (Å²) >= 11 is 5.65. The zero-order chi connectivity index (χ0) is 12.1. The average Bonchev–Trinajstić information content (AvgIpc) is 2.22. The number of benzene rings is 1. The molecule has 0 aliphatic rings. The van der Waals surface area contributed by atoms with Crippen molar-refractivity contribution in [2.75, 3.05) is 0 Å². The molecule has 1 aromatic carbocycles. The van der Waals surface area contributed by atoms with Crippen LogP contribution in [0.15, 0.2) is 18.2 Å². The first-order chi connectivity index (χ1) is 7.56. The van der Waals surface area contributed by atoms with Crippen molar-refractivity contribution in [1.82, 2.24) is 5.32 Å². The smallest absolute Gasteiger partial charge is 0.253 e. The Hall–Kier alpha value is -1.60. The van der Waals surface area contributed by atoms with Gasteiger partial charge in [0.15, 0.2) is 0 Å². The van der Waals surface area contributed by atoms with Gasteiger partial charge < -0.3 is 5.32 Å². The van der Waals surface area contributed by atoms with Crippen molar-refractivity contribution in [1.29, 1.82) is 5.26 Å². The summed E-state index contributed by atoms with van der Waals surface area (Å²) in [6.07, 6.45) is 0.193. The van der Waals surface area contributed by atoms with Crippen LogP contribution >= 0.6 is 11.6 Å². The standard InChI is InChI=1S/C11H10ClFN2O/c1-7(5-6-14)15-11(16)8-3-2-4-9(13)10(8)12/h2-4,7H,5H2,1H3,(H,15,16). The summed E-state index contributed by atoms with van der Waals surface area (Å²) in [5, 5.41) is 10.8. The van der Waals surface area contributed by atoms with E-state index in [1.807, 2.05) is 6.07 Å². The molecule has 1 aromatic rings. The second kappa shape index (κ2) is 5.47. The van der Waals surface area contributed by atoms with Crippen molar-refractivity contribution >= 4 is 17.5 Å². The fourth-order valence-corrected chi connectivity index (χ4v) is 1.38. The minimum atomic E-state index is -0.637. The molecular formula is C11H10ClFN2O. The maximum atomic E-state index is 13.1. The van der Waals surface area contributed by atoms with E-state index >= 15 is 0 Å². The predicted octanol–water partition coefficient (Wildman–Crippen LogP) is 2.51. The molecule has 1 atom stereocenters. The molecule has 3 nitrogen and oxygen atoms in total. The predicted molar refractivity (Wildman–Crippen MR) is 58.6 cm³/mol. The highest BCUT2D eigenvalue weighted by molar-refractivity contribution is 6.34. The quantitative estimate of drug-likeness (QED) is 0.883. The summed E-state index contributed by atoms with van der Waals surface area (Å²) in [5.74, 6) is -1.12. The Morgan fingerprint density at radius 3 is 3.00 bits per heavy atom. The van der Waals surface area contributed by atoms with Crippen LogP contribution in [0.1, 0.15) is 23.7 Å². The number of hydrogen-bond acceptors (Lipinski definition) is 2. The molecule has 0 saturated heterocycles. The molecule has 0 aliphatic carbocycles. The second-order valence-corrected chi connectivity index (χ2v) is 3.72. The van der Waals surface area contributed by atoms with Gasteiger partial charge >= 0.3 is 0 Å². The third-order valence-electron chi connectivity index (χ3n) is 1.97. The largest absolute Gasteiger partial charge is 0.349 e. The number of carbonyl (C=O) groups is 1. The molecule has 0 heterocycles. The molecule has 1 amide bonds. The maximum Gasteiger partial charge on any atom is 0.253 e. The third-order valence-corrected chi connectivity index (χ3v) is 2.36. The lowest BCUT2D eigenvalue weighted by Gasteiger charge is -2.11. The van der Waals surface area contributed by atoms with E-state index in [9.17, 15) is 9.18 Å². The molecule has 0 fully saturated rings. The maximum absolute atomic E-state index is 13.1. The molecule has 0 bridgehead atoms. The summed E-state index contributed by atoms with van der Waals surface area (Å²) in [6.45, 7) is 1.69. The Morgan fingerprint density at radius 1 is 1.69 bits per heavy atom. The highest BCUT2D eigenvalue weighted by Gasteiger charge is 2.14. The third kappa shape index (κ3) is 2.94. The van der Waals surface area contributed by atoms with Crippen LogP contribution in [0, 0.1) is 17.1 Å². The van der Waals surface area contributed by atoms with Gasteiger partial charge in [0.25, 0.3) is 5.91 Å². The van der Waals surface area contributed by atoms with Crippen molar-refractivity contribution in [3.8, 4) is 6.07 Å². The molecule has 0 spiro atoms. The van der Waals surface area contributed by atoms with Gasteiger partial charge in [0.1, 0.15) is 5.82 Å². The molecule has 0 radical (unpaired) electrons. The normalized spacial score (nSPS) is 11.6. The number of rotatable bonds is 3.